The summed E-state index contributed by atoms with van der Waals surface area (Å²) in [5.41, 5.74) is 3.38. The fourth-order valence-electron chi connectivity index (χ4n) is 2.71. The van der Waals surface area contributed by atoms with Crippen LogP contribution < -0.4 is 0 Å². The Morgan fingerprint density at radius 1 is 1.15 bits per heavy atom. The molecule has 1 aromatic heterocycles. The van der Waals surface area contributed by atoms with E-state index in [0.29, 0.717) is 17.3 Å². The van der Waals surface area contributed by atoms with Gasteiger partial charge in [0.2, 0.25) is 0 Å². The van der Waals surface area contributed by atoms with Crippen molar-refractivity contribution in [2.24, 2.45) is 0 Å². The molecule has 0 amide bonds. The summed E-state index contributed by atoms with van der Waals surface area (Å²) in [6, 6.07) is 15.7. The minimum absolute atomic E-state index is 0.0896. The van der Waals surface area contributed by atoms with Gasteiger partial charge in [0, 0.05) is 15.4 Å². The van der Waals surface area contributed by atoms with Crippen LogP contribution in [0.3, 0.4) is 0 Å². The third kappa shape index (κ3) is 4.63. The largest absolute Gasteiger partial charge is 0.466 e. The van der Waals surface area contributed by atoms with E-state index >= 15 is 0 Å². The van der Waals surface area contributed by atoms with Crippen LogP contribution in [-0.2, 0) is 16.0 Å². The monoisotopic (exact) mass is 433 g/mol. The second kappa shape index (κ2) is 9.70. The summed E-state index contributed by atoms with van der Waals surface area (Å²) in [4.78, 5) is 16.5. The Morgan fingerprint density at radius 3 is 2.58 bits per heavy atom. The molecule has 0 fully saturated rings. The van der Waals surface area contributed by atoms with Crippen LogP contribution in [0.15, 0.2) is 53.0 Å². The van der Waals surface area contributed by atoms with E-state index in [4.69, 9.17) is 16.3 Å². The summed E-state index contributed by atoms with van der Waals surface area (Å²) in [5.74, 6) is -0.312. The van der Waals surface area contributed by atoms with E-state index in [2.05, 4.69) is 20.9 Å². The van der Waals surface area contributed by atoms with Gasteiger partial charge in [0.25, 0.3) is 0 Å². The second-order valence-electron chi connectivity index (χ2n) is 5.27. The molecule has 0 atom stereocenters. The Kier molecular flexibility index (Phi) is 7.61. The van der Waals surface area contributed by atoms with Crippen LogP contribution >= 0.6 is 27.5 Å². The molecule has 0 bridgehead atoms. The minimum atomic E-state index is -0.312. The number of hydrogen-bond donors (Lipinski definition) is 0. The fraction of sp³-hybridized carbons (Fsp3) is 0.238. The zero-order chi connectivity index (χ0) is 19.1. The van der Waals surface area contributed by atoms with Gasteiger partial charge in [-0.3, -0.25) is 4.79 Å². The van der Waals surface area contributed by atoms with Gasteiger partial charge in [0.1, 0.15) is 5.15 Å². The molecule has 5 heteroatoms. The number of hydrogen-bond acceptors (Lipinski definition) is 3. The summed E-state index contributed by atoms with van der Waals surface area (Å²) in [5, 5.41) is 1.29. The van der Waals surface area contributed by atoms with Gasteiger partial charge in [-0.05, 0) is 36.2 Å². The van der Waals surface area contributed by atoms with Crippen molar-refractivity contribution >= 4 is 44.4 Å². The summed E-state index contributed by atoms with van der Waals surface area (Å²) in [7, 11) is 0. The van der Waals surface area contributed by atoms with Crippen molar-refractivity contribution in [2.45, 2.75) is 27.2 Å². The number of esters is 1. The quantitative estimate of drug-likeness (QED) is 0.350. The molecule has 0 N–H and O–H groups in total. The molecule has 2 aromatic carbocycles. The van der Waals surface area contributed by atoms with E-state index in [0.717, 1.165) is 26.5 Å². The number of para-hydroxylation sites is 1. The summed E-state index contributed by atoms with van der Waals surface area (Å²) >= 11 is 9.91. The van der Waals surface area contributed by atoms with E-state index in [9.17, 15) is 4.79 Å². The predicted molar refractivity (Wildman–Crippen MR) is 112 cm³/mol. The minimum Gasteiger partial charge on any atom is -0.466 e. The molecule has 3 rings (SSSR count). The fourth-order valence-corrected chi connectivity index (χ4v) is 3.36. The average molecular weight is 435 g/mol. The molecular formula is C21H21BrClNO2. The molecule has 0 saturated carbocycles. The third-order valence-corrected chi connectivity index (χ3v) is 4.49. The normalized spacial score (nSPS) is 10.2. The Balaban J connectivity index is 0.00000117. The maximum atomic E-state index is 12.0. The molecule has 136 valence electrons. The number of carbonyl (C=O) groups excluding carboxylic acids is 1. The average Bonchev–Trinajstić information content (AvgIpc) is 2.64. The van der Waals surface area contributed by atoms with Crippen LogP contribution in [0.2, 0.25) is 5.15 Å². The van der Waals surface area contributed by atoms with Crippen LogP contribution in [-0.4, -0.2) is 17.6 Å². The first-order valence-corrected chi connectivity index (χ1v) is 9.76. The lowest BCUT2D eigenvalue weighted by molar-refractivity contribution is -0.142. The molecule has 0 unspecified atom stereocenters. The molecule has 0 radical (unpaired) electrons. The van der Waals surface area contributed by atoms with Crippen LogP contribution in [0.5, 0.6) is 0 Å². The first-order valence-electron chi connectivity index (χ1n) is 8.59. The molecular weight excluding hydrogens is 414 g/mol. The van der Waals surface area contributed by atoms with Crippen molar-refractivity contribution in [3.05, 3.63) is 63.7 Å². The van der Waals surface area contributed by atoms with Crippen molar-refractivity contribution in [2.75, 3.05) is 6.61 Å². The molecule has 0 aliphatic heterocycles. The maximum absolute atomic E-state index is 12.0. The van der Waals surface area contributed by atoms with Gasteiger partial charge in [-0.15, -0.1) is 0 Å². The number of carbonyl (C=O) groups is 1. The number of benzene rings is 2. The highest BCUT2D eigenvalue weighted by Gasteiger charge is 2.18. The highest BCUT2D eigenvalue weighted by Crippen LogP contribution is 2.36. The smallest absolute Gasteiger partial charge is 0.310 e. The third-order valence-electron chi connectivity index (χ3n) is 3.68. The zero-order valence-electron chi connectivity index (χ0n) is 15.1. The number of fused-ring (bicyclic) bond motifs is 1. The Hall–Kier alpha value is -1.91. The van der Waals surface area contributed by atoms with Crippen molar-refractivity contribution in [3.8, 4) is 11.1 Å². The van der Waals surface area contributed by atoms with E-state index < -0.39 is 0 Å². The van der Waals surface area contributed by atoms with Gasteiger partial charge in [-0.1, -0.05) is 71.7 Å². The highest BCUT2D eigenvalue weighted by molar-refractivity contribution is 9.10. The lowest BCUT2D eigenvalue weighted by Crippen LogP contribution is -2.10. The topological polar surface area (TPSA) is 39.2 Å². The van der Waals surface area contributed by atoms with Crippen molar-refractivity contribution in [3.63, 3.8) is 0 Å². The number of nitrogens with zero attached hydrogens (tertiary/aromatic N) is 1. The number of halogens is 2. The number of ether oxygens (including phenoxy) is 1. The SMILES string of the molecule is CC.CCOC(=O)Cc1c(Cl)nc2ccccc2c1-c1cccc(Br)c1. The molecule has 1 heterocycles. The first kappa shape index (κ1) is 20.4. The van der Waals surface area contributed by atoms with Crippen LogP contribution in [0.4, 0.5) is 0 Å². The maximum Gasteiger partial charge on any atom is 0.310 e. The molecule has 3 nitrogen and oxygen atoms in total. The molecule has 0 spiro atoms. The van der Waals surface area contributed by atoms with Crippen molar-refractivity contribution in [1.29, 1.82) is 0 Å². The van der Waals surface area contributed by atoms with Gasteiger partial charge >= 0.3 is 5.97 Å². The van der Waals surface area contributed by atoms with Gasteiger partial charge < -0.3 is 4.74 Å². The van der Waals surface area contributed by atoms with E-state index in [1.165, 1.54) is 0 Å². The molecule has 0 aliphatic rings. The Bertz CT molecular complexity index is 912. The number of aromatic nitrogens is 1. The van der Waals surface area contributed by atoms with Crippen LogP contribution in [0.1, 0.15) is 26.3 Å². The lowest BCUT2D eigenvalue weighted by Gasteiger charge is -2.15. The van der Waals surface area contributed by atoms with E-state index in [1.807, 2.05) is 62.4 Å². The number of rotatable bonds is 4. The lowest BCUT2D eigenvalue weighted by atomic mass is 9.95. The molecule has 0 saturated heterocycles. The number of pyridine rings is 1. The summed E-state index contributed by atoms with van der Waals surface area (Å²) in [6.07, 6.45) is 0.0896. The summed E-state index contributed by atoms with van der Waals surface area (Å²) in [6.45, 7) is 6.12. The van der Waals surface area contributed by atoms with Gasteiger partial charge in [-0.2, -0.15) is 0 Å². The van der Waals surface area contributed by atoms with Crippen LogP contribution in [0.25, 0.3) is 22.0 Å². The zero-order valence-corrected chi connectivity index (χ0v) is 17.4. The van der Waals surface area contributed by atoms with Gasteiger partial charge in [0.15, 0.2) is 0 Å². The molecule has 3 aromatic rings. The van der Waals surface area contributed by atoms with E-state index in [-0.39, 0.29) is 12.4 Å². The predicted octanol–water partition coefficient (Wildman–Crippen LogP) is 6.45. The van der Waals surface area contributed by atoms with Gasteiger partial charge in [0.05, 0.1) is 18.5 Å². The first-order chi connectivity index (χ1) is 12.6. The molecule has 26 heavy (non-hydrogen) atoms. The molecule has 0 aliphatic carbocycles. The van der Waals surface area contributed by atoms with Crippen molar-refractivity contribution in [1.82, 2.24) is 4.98 Å². The highest BCUT2D eigenvalue weighted by atomic mass is 79.9. The van der Waals surface area contributed by atoms with E-state index in [1.54, 1.807) is 6.92 Å². The summed E-state index contributed by atoms with van der Waals surface area (Å²) < 4.78 is 6.05. The van der Waals surface area contributed by atoms with Crippen molar-refractivity contribution < 1.29 is 9.53 Å². The van der Waals surface area contributed by atoms with Crippen LogP contribution in [0, 0.1) is 0 Å². The Morgan fingerprint density at radius 2 is 1.88 bits per heavy atom. The van der Waals surface area contributed by atoms with Gasteiger partial charge in [-0.25, -0.2) is 4.98 Å². The second-order valence-corrected chi connectivity index (χ2v) is 6.54. The standard InChI is InChI=1S/C19H15BrClNO2.C2H6/c1-2-24-17(23)11-15-18(12-6-5-7-13(20)10-12)14-8-3-4-9-16(14)22-19(15)21;1-2/h3-10H,2,11H2,1H3;1-2H3. The Labute approximate surface area is 167 Å².